The molecule has 1 fully saturated rings. The van der Waals surface area contributed by atoms with Crippen molar-refractivity contribution in [3.05, 3.63) is 53.9 Å². The van der Waals surface area contributed by atoms with Crippen LogP contribution >= 0.6 is 0 Å². The van der Waals surface area contributed by atoms with Crippen molar-refractivity contribution in [3.63, 3.8) is 0 Å². The van der Waals surface area contributed by atoms with Gasteiger partial charge in [0.2, 0.25) is 11.8 Å². The second-order valence-electron chi connectivity index (χ2n) is 7.41. The van der Waals surface area contributed by atoms with Crippen LogP contribution in [0.25, 0.3) is 0 Å². The summed E-state index contributed by atoms with van der Waals surface area (Å²) in [5, 5.41) is 5.48. The molecule has 0 saturated carbocycles. The minimum Gasteiger partial charge on any atom is -0.326 e. The Morgan fingerprint density at radius 3 is 2.13 bits per heavy atom. The minimum absolute atomic E-state index is 0.148. The van der Waals surface area contributed by atoms with Crippen molar-refractivity contribution in [3.8, 4) is 0 Å². The fraction of sp³-hybridized carbons (Fsp3) is 0.381. The molecule has 0 bridgehead atoms. The molecule has 1 aliphatic heterocycles. The summed E-state index contributed by atoms with van der Waals surface area (Å²) < 4.78 is 38.4. The predicted molar refractivity (Wildman–Crippen MR) is 110 cm³/mol. The maximum atomic E-state index is 12.8. The maximum Gasteiger partial charge on any atom is 0.433 e. The number of nitrogens with one attached hydrogen (secondary N) is 2. The normalized spacial score (nSPS) is 15.5. The molecule has 0 spiro atoms. The van der Waals surface area contributed by atoms with Crippen molar-refractivity contribution in [2.75, 3.05) is 43.4 Å². The summed E-state index contributed by atoms with van der Waals surface area (Å²) in [7, 11) is 0. The highest BCUT2D eigenvalue weighted by molar-refractivity contribution is 5.93. The van der Waals surface area contributed by atoms with Gasteiger partial charge in [0.15, 0.2) is 0 Å². The number of benzene rings is 1. The van der Waals surface area contributed by atoms with Gasteiger partial charge in [0.05, 0.1) is 6.54 Å². The molecule has 7 nitrogen and oxygen atoms in total. The van der Waals surface area contributed by atoms with E-state index in [9.17, 15) is 22.8 Å². The quantitative estimate of drug-likeness (QED) is 0.730. The zero-order chi connectivity index (χ0) is 22.4. The van der Waals surface area contributed by atoms with Crippen LogP contribution in [0.4, 0.5) is 24.5 Å². The molecular weight excluding hydrogens is 411 g/mol. The Morgan fingerprint density at radius 1 is 0.968 bits per heavy atom. The largest absolute Gasteiger partial charge is 0.433 e. The summed E-state index contributed by atoms with van der Waals surface area (Å²) in [6, 6.07) is 9.51. The minimum atomic E-state index is -4.45. The van der Waals surface area contributed by atoms with E-state index in [1.165, 1.54) is 13.1 Å². The van der Waals surface area contributed by atoms with Gasteiger partial charge in [0.1, 0.15) is 5.69 Å². The lowest BCUT2D eigenvalue weighted by molar-refractivity contribution is -0.141. The number of nitrogens with zero attached hydrogens (tertiary/aromatic N) is 3. The molecule has 0 radical (unpaired) electrons. The molecular formula is C21H24F3N5O2. The SMILES string of the molecule is CC(=O)Nc1ccc(NC(=O)CN2CCN(Cc3ccnc(C(F)(F)F)c3)CC2)cc1. The third-order valence-corrected chi connectivity index (χ3v) is 4.84. The number of alkyl halides is 3. The van der Waals surface area contributed by atoms with Crippen LogP contribution in [0.1, 0.15) is 18.2 Å². The molecule has 10 heteroatoms. The number of hydrogen-bond acceptors (Lipinski definition) is 5. The number of piperazine rings is 1. The Labute approximate surface area is 178 Å². The van der Waals surface area contributed by atoms with Crippen molar-refractivity contribution in [2.45, 2.75) is 19.6 Å². The number of carbonyl (C=O) groups excluding carboxylic acids is 2. The van der Waals surface area contributed by atoms with Gasteiger partial charge >= 0.3 is 6.18 Å². The zero-order valence-corrected chi connectivity index (χ0v) is 17.1. The third-order valence-electron chi connectivity index (χ3n) is 4.84. The average Bonchev–Trinajstić information content (AvgIpc) is 2.70. The smallest absolute Gasteiger partial charge is 0.326 e. The number of hydrogen-bond donors (Lipinski definition) is 2. The summed E-state index contributed by atoms with van der Waals surface area (Å²) in [6.07, 6.45) is -3.27. The molecule has 2 heterocycles. The molecule has 0 aliphatic carbocycles. The van der Waals surface area contributed by atoms with Crippen molar-refractivity contribution in [1.82, 2.24) is 14.8 Å². The lowest BCUT2D eigenvalue weighted by atomic mass is 10.2. The standard InChI is InChI=1S/C21H24F3N5O2/c1-15(30)26-17-2-4-18(5-3-17)27-20(31)14-29-10-8-28(9-11-29)13-16-6-7-25-19(12-16)21(22,23)24/h2-7,12H,8-11,13-14H2,1H3,(H,26,30)(H,27,31). The van der Waals surface area contributed by atoms with Crippen LogP contribution < -0.4 is 10.6 Å². The van der Waals surface area contributed by atoms with Gasteiger partial charge in [0.25, 0.3) is 0 Å². The summed E-state index contributed by atoms with van der Waals surface area (Å²) in [5.74, 6) is -0.315. The van der Waals surface area contributed by atoms with E-state index >= 15 is 0 Å². The Morgan fingerprint density at radius 2 is 1.55 bits per heavy atom. The fourth-order valence-corrected chi connectivity index (χ4v) is 3.34. The van der Waals surface area contributed by atoms with Crippen LogP contribution in [0.15, 0.2) is 42.6 Å². The lowest BCUT2D eigenvalue weighted by Gasteiger charge is -2.34. The molecule has 2 aromatic rings. The van der Waals surface area contributed by atoms with Gasteiger partial charge in [0, 0.05) is 57.2 Å². The Hall–Kier alpha value is -2.98. The molecule has 31 heavy (non-hydrogen) atoms. The molecule has 1 saturated heterocycles. The zero-order valence-electron chi connectivity index (χ0n) is 17.1. The first-order valence-corrected chi connectivity index (χ1v) is 9.83. The first-order valence-electron chi connectivity index (χ1n) is 9.83. The number of anilines is 2. The molecule has 0 unspecified atom stereocenters. The Balaban J connectivity index is 1.43. The molecule has 1 aromatic carbocycles. The maximum absolute atomic E-state index is 12.8. The summed E-state index contributed by atoms with van der Waals surface area (Å²) in [5.41, 5.74) is 0.968. The van der Waals surface area contributed by atoms with Crippen molar-refractivity contribution in [1.29, 1.82) is 0 Å². The number of halogens is 3. The van der Waals surface area contributed by atoms with E-state index < -0.39 is 11.9 Å². The summed E-state index contributed by atoms with van der Waals surface area (Å²) in [4.78, 5) is 30.8. The summed E-state index contributed by atoms with van der Waals surface area (Å²) in [6.45, 7) is 4.66. The molecule has 0 atom stereocenters. The van der Waals surface area contributed by atoms with E-state index in [0.717, 1.165) is 6.07 Å². The lowest BCUT2D eigenvalue weighted by Crippen LogP contribution is -2.48. The van der Waals surface area contributed by atoms with Gasteiger partial charge in [-0.25, -0.2) is 0 Å². The van der Waals surface area contributed by atoms with Crippen LogP contribution in [-0.2, 0) is 22.3 Å². The van der Waals surface area contributed by atoms with Gasteiger partial charge in [-0.2, -0.15) is 13.2 Å². The molecule has 1 aliphatic rings. The van der Waals surface area contributed by atoms with Gasteiger partial charge in [-0.1, -0.05) is 0 Å². The van der Waals surface area contributed by atoms with Crippen molar-refractivity contribution < 1.29 is 22.8 Å². The fourth-order valence-electron chi connectivity index (χ4n) is 3.34. The van der Waals surface area contributed by atoms with Gasteiger partial charge < -0.3 is 10.6 Å². The first-order chi connectivity index (χ1) is 14.7. The van der Waals surface area contributed by atoms with E-state index in [4.69, 9.17) is 0 Å². The number of aromatic nitrogens is 1. The molecule has 166 valence electrons. The monoisotopic (exact) mass is 435 g/mol. The first kappa shape index (κ1) is 22.7. The number of pyridine rings is 1. The van der Waals surface area contributed by atoms with Crippen LogP contribution in [0.3, 0.4) is 0 Å². The van der Waals surface area contributed by atoms with Crippen LogP contribution in [0.2, 0.25) is 0 Å². The van der Waals surface area contributed by atoms with Gasteiger partial charge in [-0.3, -0.25) is 24.4 Å². The second kappa shape index (κ2) is 9.88. The summed E-state index contributed by atoms with van der Waals surface area (Å²) >= 11 is 0. The molecule has 3 rings (SSSR count). The van der Waals surface area contributed by atoms with E-state index in [2.05, 4.69) is 20.5 Å². The second-order valence-corrected chi connectivity index (χ2v) is 7.41. The average molecular weight is 435 g/mol. The van der Waals surface area contributed by atoms with Crippen LogP contribution in [0, 0.1) is 0 Å². The highest BCUT2D eigenvalue weighted by atomic mass is 19.4. The van der Waals surface area contributed by atoms with Crippen LogP contribution in [-0.4, -0.2) is 59.3 Å². The van der Waals surface area contributed by atoms with Gasteiger partial charge in [-0.15, -0.1) is 0 Å². The Kier molecular flexibility index (Phi) is 7.24. The highest BCUT2D eigenvalue weighted by Crippen LogP contribution is 2.28. The van der Waals surface area contributed by atoms with E-state index in [1.54, 1.807) is 30.3 Å². The molecule has 1 aromatic heterocycles. The Bertz CT molecular complexity index is 910. The third kappa shape index (κ3) is 7.04. The topological polar surface area (TPSA) is 77.6 Å². The van der Waals surface area contributed by atoms with Crippen LogP contribution in [0.5, 0.6) is 0 Å². The number of rotatable bonds is 6. The van der Waals surface area contributed by atoms with Crippen molar-refractivity contribution >= 4 is 23.2 Å². The number of carbonyl (C=O) groups is 2. The number of amides is 2. The predicted octanol–water partition coefficient (Wildman–Crippen LogP) is 2.82. The highest BCUT2D eigenvalue weighted by Gasteiger charge is 2.32. The van der Waals surface area contributed by atoms with Gasteiger partial charge in [-0.05, 0) is 42.0 Å². The van der Waals surface area contributed by atoms with E-state index in [0.29, 0.717) is 49.7 Å². The molecule has 2 amide bonds. The van der Waals surface area contributed by atoms with E-state index in [-0.39, 0.29) is 18.4 Å². The van der Waals surface area contributed by atoms with E-state index in [1.807, 2.05) is 4.90 Å². The molecule has 2 N–H and O–H groups in total. The van der Waals surface area contributed by atoms with Crippen molar-refractivity contribution in [2.24, 2.45) is 0 Å².